The van der Waals surface area contributed by atoms with E-state index in [2.05, 4.69) is 24.0 Å². The van der Waals surface area contributed by atoms with Crippen molar-refractivity contribution in [2.24, 2.45) is 0 Å². The summed E-state index contributed by atoms with van der Waals surface area (Å²) in [5.74, 6) is 0.755. The minimum absolute atomic E-state index is 0.742. The molecule has 0 atom stereocenters. The van der Waals surface area contributed by atoms with Gasteiger partial charge in [-0.15, -0.1) is 0 Å². The van der Waals surface area contributed by atoms with Gasteiger partial charge in [0.05, 0.1) is 5.52 Å². The Labute approximate surface area is 145 Å². The monoisotopic (exact) mass is 329 g/mol. The minimum Gasteiger partial charge on any atom is -0.283 e. The molecule has 3 nitrogen and oxygen atoms in total. The lowest BCUT2D eigenvalue weighted by Gasteiger charge is -2.15. The molecule has 0 amide bonds. The van der Waals surface area contributed by atoms with Gasteiger partial charge in [0.1, 0.15) is 10.3 Å². The number of aromatic nitrogens is 3. The Kier molecular flexibility index (Phi) is 3.67. The van der Waals surface area contributed by atoms with E-state index in [-0.39, 0.29) is 0 Å². The number of fused-ring (bicyclic) bond motifs is 1. The fourth-order valence-electron chi connectivity index (χ4n) is 2.81. The number of aryl methyl sites for hydroxylation is 1. The van der Waals surface area contributed by atoms with E-state index >= 15 is 0 Å². The Morgan fingerprint density at radius 1 is 0.917 bits per heavy atom. The Bertz CT molecular complexity index is 1080. The van der Waals surface area contributed by atoms with Gasteiger partial charge in [-0.2, -0.15) is 0 Å². The molecule has 2 heterocycles. The lowest BCUT2D eigenvalue weighted by atomic mass is 10.2. The Morgan fingerprint density at radius 2 is 1.75 bits per heavy atom. The molecule has 4 aromatic rings. The number of rotatable bonds is 2. The van der Waals surface area contributed by atoms with Gasteiger partial charge in [0.25, 0.3) is 0 Å². The second-order valence-electron chi connectivity index (χ2n) is 5.65. The van der Waals surface area contributed by atoms with Gasteiger partial charge in [0.2, 0.25) is 0 Å². The summed E-state index contributed by atoms with van der Waals surface area (Å²) in [5, 5.41) is 0.966. The molecule has 0 spiro atoms. The quantitative estimate of drug-likeness (QED) is 0.478. The number of pyridine rings is 1. The highest BCUT2D eigenvalue weighted by Gasteiger charge is 2.13. The van der Waals surface area contributed by atoms with Gasteiger partial charge < -0.3 is 0 Å². The first-order valence-corrected chi connectivity index (χ1v) is 8.15. The molecule has 4 rings (SSSR count). The van der Waals surface area contributed by atoms with Crippen LogP contribution in [0.15, 0.2) is 72.9 Å². The highest BCUT2D eigenvalue weighted by atomic mass is 32.1. The molecular formula is C20H15N3S. The molecule has 0 N–H and O–H groups in total. The van der Waals surface area contributed by atoms with E-state index in [1.54, 1.807) is 6.20 Å². The minimum atomic E-state index is 0.742. The first kappa shape index (κ1) is 14.7. The average molecular weight is 329 g/mol. The Morgan fingerprint density at radius 3 is 2.54 bits per heavy atom. The van der Waals surface area contributed by atoms with Crippen LogP contribution >= 0.6 is 12.2 Å². The van der Waals surface area contributed by atoms with Gasteiger partial charge in [-0.05, 0) is 48.9 Å². The van der Waals surface area contributed by atoms with Crippen molar-refractivity contribution in [2.75, 3.05) is 0 Å². The van der Waals surface area contributed by atoms with Crippen LogP contribution in [0.1, 0.15) is 5.56 Å². The van der Waals surface area contributed by atoms with E-state index in [1.807, 2.05) is 59.2 Å². The standard InChI is InChI=1S/C20H15N3S/c1-14-7-6-8-15(13-14)23-19(18-11-4-5-12-21-18)22-17-10-3-2-9-16(17)20(23)24/h2-13H,1H3. The van der Waals surface area contributed by atoms with Crippen molar-refractivity contribution >= 4 is 23.1 Å². The van der Waals surface area contributed by atoms with Crippen LogP contribution in [0.25, 0.3) is 28.1 Å². The fraction of sp³-hybridized carbons (Fsp3) is 0.0500. The third-order valence-electron chi connectivity index (χ3n) is 3.93. The molecule has 0 radical (unpaired) electrons. The molecule has 0 aliphatic carbocycles. The fourth-order valence-corrected chi connectivity index (χ4v) is 3.17. The third kappa shape index (κ3) is 2.51. The normalized spacial score (nSPS) is 10.9. The van der Waals surface area contributed by atoms with Crippen molar-refractivity contribution in [3.05, 3.63) is 83.1 Å². The third-order valence-corrected chi connectivity index (χ3v) is 4.33. The van der Waals surface area contributed by atoms with E-state index in [4.69, 9.17) is 17.2 Å². The van der Waals surface area contributed by atoms with Crippen LogP contribution in [0.4, 0.5) is 0 Å². The van der Waals surface area contributed by atoms with Crippen molar-refractivity contribution in [2.45, 2.75) is 6.92 Å². The largest absolute Gasteiger partial charge is 0.283 e. The summed E-state index contributed by atoms with van der Waals surface area (Å²) in [6.07, 6.45) is 1.77. The molecule has 116 valence electrons. The Balaban J connectivity index is 2.13. The van der Waals surface area contributed by atoms with Crippen molar-refractivity contribution < 1.29 is 0 Å². The van der Waals surface area contributed by atoms with Crippen LogP contribution < -0.4 is 0 Å². The predicted octanol–water partition coefficient (Wildman–Crippen LogP) is 5.13. The van der Waals surface area contributed by atoms with Crippen LogP contribution in [0.2, 0.25) is 0 Å². The maximum atomic E-state index is 5.80. The SMILES string of the molecule is Cc1cccc(-n2c(-c3ccccn3)nc3ccccc3c2=S)c1. The molecule has 0 aliphatic rings. The first-order valence-electron chi connectivity index (χ1n) is 7.74. The molecule has 0 aliphatic heterocycles. The van der Waals surface area contributed by atoms with Crippen LogP contribution in [-0.4, -0.2) is 14.5 Å². The maximum absolute atomic E-state index is 5.80. The number of benzene rings is 2. The lowest BCUT2D eigenvalue weighted by Crippen LogP contribution is -2.06. The van der Waals surface area contributed by atoms with Crippen LogP contribution in [0.5, 0.6) is 0 Å². The second-order valence-corrected chi connectivity index (χ2v) is 6.03. The van der Waals surface area contributed by atoms with Gasteiger partial charge in [-0.25, -0.2) is 4.98 Å². The summed E-state index contributed by atoms with van der Waals surface area (Å²) in [6.45, 7) is 2.07. The van der Waals surface area contributed by atoms with Gasteiger partial charge in [0.15, 0.2) is 5.82 Å². The van der Waals surface area contributed by atoms with E-state index in [1.165, 1.54) is 5.56 Å². The predicted molar refractivity (Wildman–Crippen MR) is 99.9 cm³/mol. The summed E-state index contributed by atoms with van der Waals surface area (Å²) in [6, 6.07) is 22.0. The van der Waals surface area contributed by atoms with E-state index in [0.29, 0.717) is 0 Å². The molecule has 0 saturated carbocycles. The van der Waals surface area contributed by atoms with Crippen LogP contribution in [-0.2, 0) is 0 Å². The molecule has 24 heavy (non-hydrogen) atoms. The average Bonchev–Trinajstić information content (AvgIpc) is 2.62. The molecular weight excluding hydrogens is 314 g/mol. The number of para-hydroxylation sites is 1. The molecule has 0 bridgehead atoms. The summed E-state index contributed by atoms with van der Waals surface area (Å²) < 4.78 is 2.75. The Hall–Kier alpha value is -2.85. The van der Waals surface area contributed by atoms with Gasteiger partial charge in [-0.1, -0.05) is 42.5 Å². The molecule has 2 aromatic heterocycles. The summed E-state index contributed by atoms with van der Waals surface area (Å²) in [4.78, 5) is 9.32. The van der Waals surface area contributed by atoms with Crippen molar-refractivity contribution in [3.63, 3.8) is 0 Å². The first-order chi connectivity index (χ1) is 11.7. The summed E-state index contributed by atoms with van der Waals surface area (Å²) in [5.41, 5.74) is 3.86. The zero-order valence-corrected chi connectivity index (χ0v) is 14.0. The molecule has 0 fully saturated rings. The maximum Gasteiger partial charge on any atom is 0.164 e. The zero-order chi connectivity index (χ0) is 16.5. The highest BCUT2D eigenvalue weighted by Crippen LogP contribution is 2.25. The molecule has 4 heteroatoms. The van der Waals surface area contributed by atoms with Crippen LogP contribution in [0, 0.1) is 11.6 Å². The van der Waals surface area contributed by atoms with Crippen LogP contribution in [0.3, 0.4) is 0 Å². The van der Waals surface area contributed by atoms with E-state index in [0.717, 1.165) is 32.7 Å². The number of nitrogens with zero attached hydrogens (tertiary/aromatic N) is 3. The topological polar surface area (TPSA) is 30.7 Å². The summed E-state index contributed by atoms with van der Waals surface area (Å²) >= 11 is 5.80. The summed E-state index contributed by atoms with van der Waals surface area (Å²) in [7, 11) is 0. The molecule has 0 unspecified atom stereocenters. The van der Waals surface area contributed by atoms with Crippen molar-refractivity contribution in [3.8, 4) is 17.2 Å². The molecule has 0 saturated heterocycles. The van der Waals surface area contributed by atoms with E-state index < -0.39 is 0 Å². The molecule has 2 aromatic carbocycles. The number of hydrogen-bond acceptors (Lipinski definition) is 3. The van der Waals surface area contributed by atoms with Crippen molar-refractivity contribution in [1.29, 1.82) is 0 Å². The zero-order valence-electron chi connectivity index (χ0n) is 13.2. The van der Waals surface area contributed by atoms with Gasteiger partial charge >= 0.3 is 0 Å². The number of hydrogen-bond donors (Lipinski definition) is 0. The smallest absolute Gasteiger partial charge is 0.164 e. The van der Waals surface area contributed by atoms with Crippen molar-refractivity contribution in [1.82, 2.24) is 14.5 Å². The highest BCUT2D eigenvalue weighted by molar-refractivity contribution is 7.71. The van der Waals surface area contributed by atoms with Gasteiger partial charge in [0, 0.05) is 17.3 Å². The lowest BCUT2D eigenvalue weighted by molar-refractivity contribution is 0.989. The van der Waals surface area contributed by atoms with E-state index in [9.17, 15) is 0 Å². The van der Waals surface area contributed by atoms with Gasteiger partial charge in [-0.3, -0.25) is 9.55 Å². The second kappa shape index (κ2) is 5.98.